The molecule has 1 aliphatic rings. The molecule has 0 unspecified atom stereocenters. The van der Waals surface area contributed by atoms with E-state index in [2.05, 4.69) is 26.1 Å². The van der Waals surface area contributed by atoms with E-state index in [1.807, 2.05) is 0 Å². The van der Waals surface area contributed by atoms with E-state index in [0.29, 0.717) is 15.6 Å². The number of nitrogens with one attached hydrogen (secondary N) is 1. The summed E-state index contributed by atoms with van der Waals surface area (Å²) in [5, 5.41) is 4.28. The standard InChI is InChI=1S/C17H23Cl2NO/c1-16(2,3)6-7-17(8-9-20-11-17)15(21)12-4-5-13(18)14(19)10-12/h4-5,10,20H,6-9,11H2,1-3H3/t17-/m1/s1. The van der Waals surface area contributed by atoms with E-state index in [0.717, 1.165) is 32.4 Å². The minimum Gasteiger partial charge on any atom is -0.316 e. The van der Waals surface area contributed by atoms with Crippen LogP contribution in [0.15, 0.2) is 18.2 Å². The number of carbonyl (C=O) groups excluding carboxylic acids is 1. The quantitative estimate of drug-likeness (QED) is 0.790. The predicted molar refractivity (Wildman–Crippen MR) is 89.4 cm³/mol. The summed E-state index contributed by atoms with van der Waals surface area (Å²) in [6.45, 7) is 8.30. The Kier molecular flexibility index (Phi) is 5.02. The third kappa shape index (κ3) is 4.00. The van der Waals surface area contributed by atoms with Crippen molar-refractivity contribution in [1.29, 1.82) is 0 Å². The van der Waals surface area contributed by atoms with Crippen LogP contribution < -0.4 is 5.32 Å². The number of ketones is 1. The van der Waals surface area contributed by atoms with Crippen LogP contribution >= 0.6 is 23.2 Å². The number of hydrogen-bond acceptors (Lipinski definition) is 2. The van der Waals surface area contributed by atoms with Crippen molar-refractivity contribution in [1.82, 2.24) is 5.32 Å². The molecule has 1 aliphatic heterocycles. The van der Waals surface area contributed by atoms with Gasteiger partial charge in [-0.3, -0.25) is 4.79 Å². The lowest BCUT2D eigenvalue weighted by Crippen LogP contribution is -2.34. The predicted octanol–water partition coefficient (Wildman–Crippen LogP) is 4.98. The molecule has 1 saturated heterocycles. The summed E-state index contributed by atoms with van der Waals surface area (Å²) in [6, 6.07) is 5.19. The van der Waals surface area contributed by atoms with Crippen LogP contribution in [0, 0.1) is 10.8 Å². The Bertz CT molecular complexity index is 528. The first-order valence-corrected chi connectivity index (χ1v) is 8.20. The number of Topliss-reactive ketones (excluding diaryl/α,β-unsaturated/α-hetero) is 1. The Morgan fingerprint density at radius 2 is 2.00 bits per heavy atom. The van der Waals surface area contributed by atoms with Crippen LogP contribution in [0.25, 0.3) is 0 Å². The third-order valence-corrected chi connectivity index (χ3v) is 5.00. The zero-order valence-electron chi connectivity index (χ0n) is 12.9. The van der Waals surface area contributed by atoms with Crippen LogP contribution in [0.3, 0.4) is 0 Å². The van der Waals surface area contributed by atoms with E-state index in [9.17, 15) is 4.79 Å². The van der Waals surface area contributed by atoms with Gasteiger partial charge in [0, 0.05) is 17.5 Å². The molecule has 1 fully saturated rings. The van der Waals surface area contributed by atoms with Crippen molar-refractivity contribution < 1.29 is 4.79 Å². The molecule has 0 amide bonds. The molecule has 2 rings (SSSR count). The smallest absolute Gasteiger partial charge is 0.170 e. The van der Waals surface area contributed by atoms with Crippen molar-refractivity contribution in [3.63, 3.8) is 0 Å². The number of halogens is 2. The zero-order chi connectivity index (χ0) is 15.7. The van der Waals surface area contributed by atoms with E-state index in [-0.39, 0.29) is 16.6 Å². The maximum Gasteiger partial charge on any atom is 0.170 e. The monoisotopic (exact) mass is 327 g/mol. The Balaban J connectivity index is 2.24. The summed E-state index contributed by atoms with van der Waals surface area (Å²) in [5.74, 6) is 0.190. The minimum absolute atomic E-state index is 0.190. The van der Waals surface area contributed by atoms with Gasteiger partial charge in [0.15, 0.2) is 5.78 Å². The van der Waals surface area contributed by atoms with E-state index >= 15 is 0 Å². The Hall–Kier alpha value is -0.570. The summed E-state index contributed by atoms with van der Waals surface area (Å²) in [4.78, 5) is 13.0. The molecule has 4 heteroatoms. The minimum atomic E-state index is -0.301. The van der Waals surface area contributed by atoms with Gasteiger partial charge in [0.05, 0.1) is 10.0 Å². The normalized spacial score (nSPS) is 22.5. The maximum absolute atomic E-state index is 13.0. The first-order valence-electron chi connectivity index (χ1n) is 7.44. The first kappa shape index (κ1) is 16.8. The van der Waals surface area contributed by atoms with Crippen molar-refractivity contribution in [2.75, 3.05) is 13.1 Å². The van der Waals surface area contributed by atoms with Crippen molar-refractivity contribution in [2.45, 2.75) is 40.0 Å². The molecule has 0 aliphatic carbocycles. The molecule has 0 bridgehead atoms. The van der Waals surface area contributed by atoms with Crippen molar-refractivity contribution in [3.05, 3.63) is 33.8 Å². The van der Waals surface area contributed by atoms with E-state index < -0.39 is 0 Å². The Morgan fingerprint density at radius 3 is 2.52 bits per heavy atom. The summed E-state index contributed by atoms with van der Waals surface area (Å²) >= 11 is 12.0. The molecular formula is C17H23Cl2NO. The molecule has 0 radical (unpaired) electrons. The second-order valence-electron chi connectivity index (χ2n) is 7.23. The van der Waals surface area contributed by atoms with Crippen LogP contribution in [0.4, 0.5) is 0 Å². The van der Waals surface area contributed by atoms with Gasteiger partial charge in [-0.2, -0.15) is 0 Å². The van der Waals surface area contributed by atoms with Crippen LogP contribution in [0.5, 0.6) is 0 Å². The number of benzene rings is 1. The molecule has 1 atom stereocenters. The van der Waals surface area contributed by atoms with Crippen molar-refractivity contribution in [3.8, 4) is 0 Å². The molecule has 116 valence electrons. The average molecular weight is 328 g/mol. The lowest BCUT2D eigenvalue weighted by Gasteiger charge is -2.30. The van der Waals surface area contributed by atoms with E-state index in [1.165, 1.54) is 0 Å². The number of carbonyl (C=O) groups is 1. The fourth-order valence-electron chi connectivity index (χ4n) is 2.82. The summed E-state index contributed by atoms with van der Waals surface area (Å²) < 4.78 is 0. The van der Waals surface area contributed by atoms with Crippen LogP contribution in [0.1, 0.15) is 50.4 Å². The largest absolute Gasteiger partial charge is 0.316 e. The highest BCUT2D eigenvalue weighted by molar-refractivity contribution is 6.42. The van der Waals surface area contributed by atoms with E-state index in [1.54, 1.807) is 18.2 Å². The highest BCUT2D eigenvalue weighted by Gasteiger charge is 2.41. The van der Waals surface area contributed by atoms with Gasteiger partial charge in [0.25, 0.3) is 0 Å². The molecule has 0 saturated carbocycles. The van der Waals surface area contributed by atoms with Crippen LogP contribution in [-0.2, 0) is 0 Å². The summed E-state index contributed by atoms with van der Waals surface area (Å²) in [7, 11) is 0. The van der Waals surface area contributed by atoms with Crippen molar-refractivity contribution in [2.24, 2.45) is 10.8 Å². The number of hydrogen-bond donors (Lipinski definition) is 1. The van der Waals surface area contributed by atoms with Gasteiger partial charge < -0.3 is 5.32 Å². The van der Waals surface area contributed by atoms with Crippen molar-refractivity contribution >= 4 is 29.0 Å². The molecule has 21 heavy (non-hydrogen) atoms. The molecule has 1 heterocycles. The fourth-order valence-corrected chi connectivity index (χ4v) is 3.12. The molecule has 1 aromatic rings. The van der Waals surface area contributed by atoms with Gasteiger partial charge in [-0.15, -0.1) is 0 Å². The van der Waals surface area contributed by atoms with E-state index in [4.69, 9.17) is 23.2 Å². The highest BCUT2D eigenvalue weighted by atomic mass is 35.5. The third-order valence-electron chi connectivity index (χ3n) is 4.26. The Morgan fingerprint density at radius 1 is 1.29 bits per heavy atom. The molecule has 0 spiro atoms. The lowest BCUT2D eigenvalue weighted by atomic mass is 9.72. The number of rotatable bonds is 4. The lowest BCUT2D eigenvalue weighted by molar-refractivity contribution is 0.0783. The van der Waals surface area contributed by atoms with Gasteiger partial charge in [-0.25, -0.2) is 0 Å². The summed E-state index contributed by atoms with van der Waals surface area (Å²) in [5.41, 5.74) is 0.597. The van der Waals surface area contributed by atoms with Gasteiger partial charge in [0.2, 0.25) is 0 Å². The fraction of sp³-hybridized carbons (Fsp3) is 0.588. The summed E-state index contributed by atoms with van der Waals surface area (Å²) in [6.07, 6.45) is 2.83. The Labute approximate surface area is 137 Å². The second-order valence-corrected chi connectivity index (χ2v) is 8.04. The van der Waals surface area contributed by atoms with Gasteiger partial charge in [-0.05, 0) is 49.4 Å². The second kappa shape index (κ2) is 6.28. The van der Waals surface area contributed by atoms with Crippen LogP contribution in [0.2, 0.25) is 10.0 Å². The molecule has 1 aromatic carbocycles. The molecule has 2 nitrogen and oxygen atoms in total. The van der Waals surface area contributed by atoms with Crippen LogP contribution in [-0.4, -0.2) is 18.9 Å². The SMILES string of the molecule is CC(C)(C)CC[C@@]1(C(=O)c2ccc(Cl)c(Cl)c2)CCNC1. The molecule has 0 aromatic heterocycles. The first-order chi connectivity index (χ1) is 9.73. The van der Waals surface area contributed by atoms with Gasteiger partial charge in [-0.1, -0.05) is 44.0 Å². The van der Waals surface area contributed by atoms with Gasteiger partial charge in [0.1, 0.15) is 0 Å². The molecule has 1 N–H and O–H groups in total. The average Bonchev–Trinajstić information content (AvgIpc) is 2.88. The zero-order valence-corrected chi connectivity index (χ0v) is 14.4. The highest BCUT2D eigenvalue weighted by Crippen LogP contribution is 2.39. The topological polar surface area (TPSA) is 29.1 Å². The van der Waals surface area contributed by atoms with Gasteiger partial charge >= 0.3 is 0 Å². The maximum atomic E-state index is 13.0. The molecular weight excluding hydrogens is 305 g/mol.